The van der Waals surface area contributed by atoms with Crippen molar-refractivity contribution in [3.63, 3.8) is 0 Å². The van der Waals surface area contributed by atoms with E-state index in [9.17, 15) is 13.2 Å². The number of hydrogen-bond acceptors (Lipinski definition) is 5. The molecule has 0 spiro atoms. The summed E-state index contributed by atoms with van der Waals surface area (Å²) in [5, 5.41) is 5.07. The van der Waals surface area contributed by atoms with Crippen LogP contribution in [0.3, 0.4) is 0 Å². The quantitative estimate of drug-likeness (QED) is 0.821. The van der Waals surface area contributed by atoms with Crippen LogP contribution in [0.1, 0.15) is 36.6 Å². The zero-order valence-electron chi connectivity index (χ0n) is 14.0. The molecular weight excluding hydrogens is 346 g/mol. The second-order valence-corrected chi connectivity index (χ2v) is 9.47. The molecule has 2 aliphatic heterocycles. The largest absolute Gasteiger partial charge is 0.353 e. The van der Waals surface area contributed by atoms with Gasteiger partial charge in [0.15, 0.2) is 0 Å². The Balaban J connectivity index is 1.65. The lowest BCUT2D eigenvalue weighted by Gasteiger charge is -2.28. The van der Waals surface area contributed by atoms with Gasteiger partial charge in [0.05, 0.1) is 12.3 Å². The summed E-state index contributed by atoms with van der Waals surface area (Å²) in [4.78, 5) is 16.2. The average molecular weight is 372 g/mol. The lowest BCUT2D eigenvalue weighted by molar-refractivity contribution is -0.124. The normalized spacial score (nSPS) is 24.3. The zero-order chi connectivity index (χ0) is 17.2. The van der Waals surface area contributed by atoms with Crippen molar-refractivity contribution in [1.82, 2.24) is 14.5 Å². The van der Waals surface area contributed by atoms with Gasteiger partial charge in [-0.15, -0.1) is 11.3 Å². The van der Waals surface area contributed by atoms with Gasteiger partial charge in [-0.2, -0.15) is 4.31 Å². The van der Waals surface area contributed by atoms with Crippen molar-refractivity contribution in [2.24, 2.45) is 0 Å². The van der Waals surface area contributed by atoms with Gasteiger partial charge >= 0.3 is 0 Å². The molecule has 3 rings (SSSR count). The molecule has 0 aliphatic carbocycles. The molecule has 2 saturated heterocycles. The molecule has 1 aromatic heterocycles. The minimum atomic E-state index is -3.33. The van der Waals surface area contributed by atoms with Crippen molar-refractivity contribution in [3.8, 4) is 0 Å². The zero-order valence-corrected chi connectivity index (χ0v) is 15.6. The summed E-state index contributed by atoms with van der Waals surface area (Å²) in [6.45, 7) is 3.08. The van der Waals surface area contributed by atoms with Crippen molar-refractivity contribution in [3.05, 3.63) is 22.4 Å². The van der Waals surface area contributed by atoms with E-state index in [1.54, 1.807) is 11.3 Å². The van der Waals surface area contributed by atoms with Crippen LogP contribution in [-0.4, -0.2) is 62.0 Å². The van der Waals surface area contributed by atoms with Crippen LogP contribution in [0.15, 0.2) is 17.5 Å². The Hall–Kier alpha value is -0.960. The predicted molar refractivity (Wildman–Crippen MR) is 95.4 cm³/mol. The molecule has 1 N–H and O–H groups in total. The van der Waals surface area contributed by atoms with Gasteiger partial charge in [0.2, 0.25) is 15.9 Å². The topological polar surface area (TPSA) is 69.7 Å². The van der Waals surface area contributed by atoms with Crippen molar-refractivity contribution < 1.29 is 13.2 Å². The van der Waals surface area contributed by atoms with Crippen LogP contribution in [0, 0.1) is 0 Å². The number of nitrogens with one attached hydrogen (secondary N) is 1. The maximum absolute atomic E-state index is 12.6. The van der Waals surface area contributed by atoms with Crippen LogP contribution in [-0.2, 0) is 14.8 Å². The molecule has 0 aromatic carbocycles. The summed E-state index contributed by atoms with van der Waals surface area (Å²) in [6, 6.07) is 3.78. The van der Waals surface area contributed by atoms with Crippen molar-refractivity contribution in [2.75, 3.05) is 32.4 Å². The molecule has 8 heteroatoms. The number of carbonyl (C=O) groups excluding carboxylic acids is 1. The minimum Gasteiger partial charge on any atom is -0.353 e. The van der Waals surface area contributed by atoms with Crippen molar-refractivity contribution in [2.45, 2.75) is 37.8 Å². The first-order valence-corrected chi connectivity index (χ1v) is 11.2. The number of likely N-dealkylation sites (tertiary alicyclic amines) is 1. The molecule has 0 radical (unpaired) electrons. The standard InChI is InChI=1S/C16H25N3O3S2/c1-24(21,22)19-10-4-6-13(19)16(20)17-12-14(15-7-5-11-23-15)18-8-2-3-9-18/h5,7,11,13-14H,2-4,6,8-10,12H2,1H3,(H,17,20). The Kier molecular flexibility index (Phi) is 5.59. The van der Waals surface area contributed by atoms with E-state index >= 15 is 0 Å². The highest BCUT2D eigenvalue weighted by molar-refractivity contribution is 7.88. The molecule has 1 aromatic rings. The second kappa shape index (κ2) is 7.51. The fourth-order valence-electron chi connectivity index (χ4n) is 3.66. The highest BCUT2D eigenvalue weighted by Crippen LogP contribution is 2.28. The predicted octanol–water partition coefficient (Wildman–Crippen LogP) is 1.43. The first-order valence-electron chi connectivity index (χ1n) is 8.49. The van der Waals surface area contributed by atoms with E-state index in [4.69, 9.17) is 0 Å². The molecule has 24 heavy (non-hydrogen) atoms. The van der Waals surface area contributed by atoms with Crippen LogP contribution >= 0.6 is 11.3 Å². The summed E-state index contributed by atoms with van der Waals surface area (Å²) in [6.07, 6.45) is 4.91. The number of carbonyl (C=O) groups is 1. The van der Waals surface area contributed by atoms with Gasteiger partial charge in [0.1, 0.15) is 6.04 Å². The van der Waals surface area contributed by atoms with E-state index < -0.39 is 16.1 Å². The van der Waals surface area contributed by atoms with E-state index in [0.717, 1.165) is 19.5 Å². The third-order valence-electron chi connectivity index (χ3n) is 4.85. The van der Waals surface area contributed by atoms with Gasteiger partial charge < -0.3 is 5.32 Å². The Morgan fingerprint density at radius 1 is 1.33 bits per heavy atom. The Labute approximate surface area is 147 Å². The van der Waals surface area contributed by atoms with Gasteiger partial charge in [-0.25, -0.2) is 8.42 Å². The van der Waals surface area contributed by atoms with Crippen LogP contribution in [0.2, 0.25) is 0 Å². The summed E-state index contributed by atoms with van der Waals surface area (Å²) in [5.41, 5.74) is 0. The SMILES string of the molecule is CS(=O)(=O)N1CCCC1C(=O)NCC(c1cccs1)N1CCCC1. The number of thiophene rings is 1. The summed E-state index contributed by atoms with van der Waals surface area (Å²) >= 11 is 1.71. The molecule has 0 bridgehead atoms. The smallest absolute Gasteiger partial charge is 0.238 e. The van der Waals surface area contributed by atoms with Crippen LogP contribution in [0.25, 0.3) is 0 Å². The Morgan fingerprint density at radius 2 is 2.08 bits per heavy atom. The van der Waals surface area contributed by atoms with E-state index in [0.29, 0.717) is 19.5 Å². The maximum atomic E-state index is 12.6. The van der Waals surface area contributed by atoms with E-state index in [1.807, 2.05) is 6.07 Å². The third-order valence-corrected chi connectivity index (χ3v) is 7.12. The average Bonchev–Trinajstić information content (AvgIpc) is 3.28. The third kappa shape index (κ3) is 3.99. The number of nitrogens with zero attached hydrogens (tertiary/aromatic N) is 2. The van der Waals surface area contributed by atoms with E-state index in [-0.39, 0.29) is 11.9 Å². The van der Waals surface area contributed by atoms with E-state index in [2.05, 4.69) is 21.7 Å². The highest BCUT2D eigenvalue weighted by atomic mass is 32.2. The van der Waals surface area contributed by atoms with Crippen molar-refractivity contribution >= 4 is 27.3 Å². The molecule has 3 heterocycles. The first kappa shape index (κ1) is 17.8. The molecule has 6 nitrogen and oxygen atoms in total. The Bertz CT molecular complexity index is 654. The molecule has 2 fully saturated rings. The summed E-state index contributed by atoms with van der Waals surface area (Å²) < 4.78 is 25.0. The number of rotatable bonds is 6. The van der Waals surface area contributed by atoms with Gasteiger partial charge in [-0.05, 0) is 50.2 Å². The molecule has 134 valence electrons. The molecule has 2 aliphatic rings. The molecule has 0 saturated carbocycles. The van der Waals surface area contributed by atoms with Crippen LogP contribution < -0.4 is 5.32 Å². The summed E-state index contributed by atoms with van der Waals surface area (Å²) in [5.74, 6) is -0.168. The molecule has 2 atom stereocenters. The highest BCUT2D eigenvalue weighted by Gasteiger charge is 2.36. The van der Waals surface area contributed by atoms with Crippen LogP contribution in [0.4, 0.5) is 0 Å². The van der Waals surface area contributed by atoms with Crippen LogP contribution in [0.5, 0.6) is 0 Å². The molecule has 1 amide bonds. The lowest BCUT2D eigenvalue weighted by Crippen LogP contribution is -2.47. The van der Waals surface area contributed by atoms with Gasteiger partial charge in [-0.3, -0.25) is 9.69 Å². The number of sulfonamides is 1. The lowest BCUT2D eigenvalue weighted by atomic mass is 10.2. The first-order chi connectivity index (χ1) is 11.5. The minimum absolute atomic E-state index is 0.168. The molecular formula is C16H25N3O3S2. The fraction of sp³-hybridized carbons (Fsp3) is 0.688. The maximum Gasteiger partial charge on any atom is 0.238 e. The Morgan fingerprint density at radius 3 is 2.71 bits per heavy atom. The van der Waals surface area contributed by atoms with E-state index in [1.165, 1.54) is 28.3 Å². The second-order valence-electron chi connectivity index (χ2n) is 6.55. The summed E-state index contributed by atoms with van der Waals surface area (Å²) in [7, 11) is -3.33. The number of amides is 1. The monoisotopic (exact) mass is 371 g/mol. The number of hydrogen-bond donors (Lipinski definition) is 1. The fourth-order valence-corrected chi connectivity index (χ4v) is 5.64. The van der Waals surface area contributed by atoms with Gasteiger partial charge in [0, 0.05) is 18.0 Å². The van der Waals surface area contributed by atoms with Crippen molar-refractivity contribution in [1.29, 1.82) is 0 Å². The molecule has 2 unspecified atom stereocenters. The van der Waals surface area contributed by atoms with Gasteiger partial charge in [0.25, 0.3) is 0 Å². The van der Waals surface area contributed by atoms with Gasteiger partial charge in [-0.1, -0.05) is 6.07 Å².